The van der Waals surface area contributed by atoms with Gasteiger partial charge in [-0.05, 0) is 5.56 Å². The van der Waals surface area contributed by atoms with Crippen molar-refractivity contribution in [1.29, 1.82) is 0 Å². The van der Waals surface area contributed by atoms with Crippen LogP contribution in [0.1, 0.15) is 5.56 Å². The summed E-state index contributed by atoms with van der Waals surface area (Å²) in [5.41, 5.74) is 1.73. The maximum atomic E-state index is 10.7. The number of fused-ring (bicyclic) bond motifs is 1. The molecular weight excluding hydrogens is 244 g/mol. The van der Waals surface area contributed by atoms with E-state index in [0.717, 1.165) is 5.56 Å². The zero-order valence-corrected chi connectivity index (χ0v) is 9.93. The van der Waals surface area contributed by atoms with Gasteiger partial charge in [-0.25, -0.2) is 9.67 Å². The van der Waals surface area contributed by atoms with E-state index in [-0.39, 0.29) is 5.69 Å². The summed E-state index contributed by atoms with van der Waals surface area (Å²) in [5, 5.41) is 15.6. The van der Waals surface area contributed by atoms with Crippen LogP contribution in [-0.2, 0) is 6.54 Å². The molecule has 94 valence electrons. The van der Waals surface area contributed by atoms with Crippen molar-refractivity contribution in [3.8, 4) is 0 Å². The van der Waals surface area contributed by atoms with Gasteiger partial charge in [0.25, 0.3) is 5.69 Å². The van der Waals surface area contributed by atoms with Gasteiger partial charge >= 0.3 is 0 Å². The van der Waals surface area contributed by atoms with Gasteiger partial charge in [0.2, 0.25) is 0 Å². The van der Waals surface area contributed by atoms with Gasteiger partial charge < -0.3 is 0 Å². The maximum Gasteiger partial charge on any atom is 0.288 e. The fourth-order valence-corrected chi connectivity index (χ4v) is 1.93. The minimum Gasteiger partial charge on any atom is -0.258 e. The van der Waals surface area contributed by atoms with Gasteiger partial charge in [-0.15, -0.1) is 0 Å². The third-order valence-corrected chi connectivity index (χ3v) is 2.85. The minimum atomic E-state index is -0.457. The summed E-state index contributed by atoms with van der Waals surface area (Å²) in [4.78, 5) is 14.3. The van der Waals surface area contributed by atoms with Gasteiger partial charge in [0, 0.05) is 11.5 Å². The van der Waals surface area contributed by atoms with Crippen LogP contribution in [0.15, 0.2) is 48.8 Å². The Bertz CT molecular complexity index is 737. The number of nitrogens with zero attached hydrogens (tertiary/aromatic N) is 4. The summed E-state index contributed by atoms with van der Waals surface area (Å²) in [7, 11) is 0. The van der Waals surface area contributed by atoms with Crippen molar-refractivity contribution >= 4 is 16.7 Å². The molecule has 2 heterocycles. The number of rotatable bonds is 3. The Morgan fingerprint density at radius 3 is 2.74 bits per heavy atom. The van der Waals surface area contributed by atoms with Gasteiger partial charge in [0.05, 0.1) is 17.7 Å². The Hall–Kier alpha value is -2.76. The number of nitro groups is 1. The monoisotopic (exact) mass is 254 g/mol. The van der Waals surface area contributed by atoms with Crippen LogP contribution >= 0.6 is 0 Å². The largest absolute Gasteiger partial charge is 0.288 e. The van der Waals surface area contributed by atoms with Gasteiger partial charge in [0.15, 0.2) is 5.65 Å². The van der Waals surface area contributed by atoms with Crippen molar-refractivity contribution in [2.24, 2.45) is 0 Å². The molecule has 0 saturated carbocycles. The topological polar surface area (TPSA) is 73.8 Å². The molecule has 0 atom stereocenters. The zero-order chi connectivity index (χ0) is 13.2. The first-order chi connectivity index (χ1) is 9.24. The summed E-state index contributed by atoms with van der Waals surface area (Å²) < 4.78 is 1.73. The molecule has 6 heteroatoms. The molecule has 0 spiro atoms. The molecule has 0 aliphatic rings. The number of aromatic nitrogens is 3. The zero-order valence-electron chi connectivity index (χ0n) is 9.93. The van der Waals surface area contributed by atoms with E-state index in [2.05, 4.69) is 10.1 Å². The molecule has 0 saturated heterocycles. The van der Waals surface area contributed by atoms with Crippen LogP contribution in [0.4, 0.5) is 5.69 Å². The highest BCUT2D eigenvalue weighted by molar-refractivity contribution is 5.76. The third-order valence-electron chi connectivity index (χ3n) is 2.85. The first-order valence-electron chi connectivity index (χ1n) is 5.74. The van der Waals surface area contributed by atoms with Gasteiger partial charge in [-0.2, -0.15) is 5.10 Å². The van der Waals surface area contributed by atoms with Crippen molar-refractivity contribution in [1.82, 2.24) is 14.8 Å². The van der Waals surface area contributed by atoms with Crippen LogP contribution in [0.3, 0.4) is 0 Å². The lowest BCUT2D eigenvalue weighted by Crippen LogP contribution is -2.02. The second-order valence-corrected chi connectivity index (χ2v) is 4.15. The van der Waals surface area contributed by atoms with Gasteiger partial charge in [-0.3, -0.25) is 10.1 Å². The molecule has 0 unspecified atom stereocenters. The van der Waals surface area contributed by atoms with Crippen LogP contribution in [-0.4, -0.2) is 19.7 Å². The Morgan fingerprint density at radius 1 is 1.21 bits per heavy atom. The highest BCUT2D eigenvalue weighted by Gasteiger charge is 2.11. The average Bonchev–Trinajstić information content (AvgIpc) is 2.82. The lowest BCUT2D eigenvalue weighted by Gasteiger charge is -2.02. The second kappa shape index (κ2) is 4.49. The normalized spacial score (nSPS) is 10.7. The fourth-order valence-electron chi connectivity index (χ4n) is 1.93. The van der Waals surface area contributed by atoms with Crippen molar-refractivity contribution < 1.29 is 4.92 Å². The first kappa shape index (κ1) is 11.3. The van der Waals surface area contributed by atoms with Crippen LogP contribution < -0.4 is 0 Å². The van der Waals surface area contributed by atoms with E-state index in [1.807, 2.05) is 30.3 Å². The van der Waals surface area contributed by atoms with Crippen LogP contribution in [0, 0.1) is 10.1 Å². The molecule has 2 aromatic heterocycles. The summed E-state index contributed by atoms with van der Waals surface area (Å²) in [6.07, 6.45) is 2.85. The SMILES string of the molecule is O=[N+]([O-])c1cnc2c(cnn2Cc2ccccc2)c1. The average molecular weight is 254 g/mol. The number of hydrogen-bond donors (Lipinski definition) is 0. The van der Waals surface area contributed by atoms with E-state index in [9.17, 15) is 10.1 Å². The quantitative estimate of drug-likeness (QED) is 0.531. The number of benzene rings is 1. The maximum absolute atomic E-state index is 10.7. The molecule has 6 nitrogen and oxygen atoms in total. The molecule has 0 fully saturated rings. The summed E-state index contributed by atoms with van der Waals surface area (Å²) in [6, 6.07) is 11.3. The Labute approximate surface area is 108 Å². The van der Waals surface area contributed by atoms with Crippen LogP contribution in [0.2, 0.25) is 0 Å². The van der Waals surface area contributed by atoms with Crippen molar-refractivity contribution in [3.63, 3.8) is 0 Å². The molecule has 0 bridgehead atoms. The van der Waals surface area contributed by atoms with Crippen molar-refractivity contribution in [2.45, 2.75) is 6.54 Å². The van der Waals surface area contributed by atoms with Gasteiger partial charge in [-0.1, -0.05) is 30.3 Å². The predicted molar refractivity (Wildman–Crippen MR) is 69.7 cm³/mol. The van der Waals surface area contributed by atoms with E-state index < -0.39 is 4.92 Å². The van der Waals surface area contributed by atoms with Crippen LogP contribution in [0.5, 0.6) is 0 Å². The first-order valence-corrected chi connectivity index (χ1v) is 5.74. The third kappa shape index (κ3) is 2.15. The number of pyridine rings is 1. The molecule has 3 aromatic rings. The summed E-state index contributed by atoms with van der Waals surface area (Å²) >= 11 is 0. The highest BCUT2D eigenvalue weighted by atomic mass is 16.6. The Balaban J connectivity index is 1.99. The molecule has 19 heavy (non-hydrogen) atoms. The Kier molecular flexibility index (Phi) is 2.68. The molecule has 0 radical (unpaired) electrons. The van der Waals surface area contributed by atoms with Crippen molar-refractivity contribution in [2.75, 3.05) is 0 Å². The van der Waals surface area contributed by atoms with E-state index in [1.165, 1.54) is 12.3 Å². The van der Waals surface area contributed by atoms with E-state index in [4.69, 9.17) is 0 Å². The van der Waals surface area contributed by atoms with Gasteiger partial charge in [0.1, 0.15) is 6.20 Å². The highest BCUT2D eigenvalue weighted by Crippen LogP contribution is 2.18. The summed E-state index contributed by atoms with van der Waals surface area (Å²) in [6.45, 7) is 0.592. The molecule has 0 aliphatic heterocycles. The second-order valence-electron chi connectivity index (χ2n) is 4.15. The number of hydrogen-bond acceptors (Lipinski definition) is 4. The smallest absolute Gasteiger partial charge is 0.258 e. The standard InChI is InChI=1S/C13H10N4O2/c18-17(19)12-6-11-7-15-16(13(11)14-8-12)9-10-4-2-1-3-5-10/h1-8H,9H2. The van der Waals surface area contributed by atoms with E-state index in [1.54, 1.807) is 10.9 Å². The molecule has 0 N–H and O–H groups in total. The molecule has 3 rings (SSSR count). The lowest BCUT2D eigenvalue weighted by atomic mass is 10.2. The lowest BCUT2D eigenvalue weighted by molar-refractivity contribution is -0.385. The fraction of sp³-hybridized carbons (Fsp3) is 0.0769. The summed E-state index contributed by atoms with van der Waals surface area (Å²) in [5.74, 6) is 0. The molecule has 0 aliphatic carbocycles. The van der Waals surface area contributed by atoms with E-state index in [0.29, 0.717) is 17.6 Å². The minimum absolute atomic E-state index is 0.0215. The van der Waals surface area contributed by atoms with Crippen molar-refractivity contribution in [3.05, 3.63) is 64.5 Å². The van der Waals surface area contributed by atoms with E-state index >= 15 is 0 Å². The molecule has 1 aromatic carbocycles. The Morgan fingerprint density at radius 2 is 2.00 bits per heavy atom. The van der Waals surface area contributed by atoms with Crippen LogP contribution in [0.25, 0.3) is 11.0 Å². The molecule has 0 amide bonds. The predicted octanol–water partition coefficient (Wildman–Crippen LogP) is 2.39. The molecular formula is C13H10N4O2.